The van der Waals surface area contributed by atoms with Crippen molar-refractivity contribution in [2.45, 2.75) is 33.2 Å². The summed E-state index contributed by atoms with van der Waals surface area (Å²) < 4.78 is 4.83. The zero-order valence-electron chi connectivity index (χ0n) is 14.0. The van der Waals surface area contributed by atoms with Crippen molar-refractivity contribution in [3.8, 4) is 0 Å². The Balaban J connectivity index is 2.56. The van der Waals surface area contributed by atoms with Gasteiger partial charge >= 0.3 is 5.97 Å². The highest BCUT2D eigenvalue weighted by atomic mass is 16.5. The van der Waals surface area contributed by atoms with Crippen molar-refractivity contribution in [3.63, 3.8) is 0 Å². The molecule has 0 bridgehead atoms. The van der Waals surface area contributed by atoms with E-state index in [1.165, 1.54) is 7.11 Å². The fourth-order valence-electron chi connectivity index (χ4n) is 2.27. The predicted molar refractivity (Wildman–Crippen MR) is 88.2 cm³/mol. The van der Waals surface area contributed by atoms with Gasteiger partial charge in [0.1, 0.15) is 11.2 Å². The fraction of sp³-hybridized carbons (Fsp3) is 0.412. The molecule has 1 N–H and O–H groups in total. The van der Waals surface area contributed by atoms with Gasteiger partial charge < -0.3 is 10.1 Å². The van der Waals surface area contributed by atoms with E-state index in [9.17, 15) is 9.59 Å². The zero-order valence-corrected chi connectivity index (χ0v) is 14.0. The molecule has 0 aromatic carbocycles. The van der Waals surface area contributed by atoms with Crippen molar-refractivity contribution in [2.24, 2.45) is 10.9 Å². The third-order valence-electron chi connectivity index (χ3n) is 4.06. The summed E-state index contributed by atoms with van der Waals surface area (Å²) in [6.45, 7) is 7.50. The number of hydrogen-bond acceptors (Lipinski definition) is 5. The maximum atomic E-state index is 12.3. The number of pyridine rings is 1. The van der Waals surface area contributed by atoms with E-state index in [0.29, 0.717) is 11.5 Å². The highest BCUT2D eigenvalue weighted by molar-refractivity contribution is 6.17. The second kappa shape index (κ2) is 6.32. The number of carbonyl (C=O) groups is 2. The summed E-state index contributed by atoms with van der Waals surface area (Å²) in [6, 6.07) is 1.67. The highest BCUT2D eigenvalue weighted by Crippen LogP contribution is 2.27. The molecule has 6 nitrogen and oxygen atoms in total. The van der Waals surface area contributed by atoms with E-state index in [1.54, 1.807) is 19.2 Å². The second-order valence-corrected chi connectivity index (χ2v) is 5.87. The summed E-state index contributed by atoms with van der Waals surface area (Å²) >= 11 is 0. The van der Waals surface area contributed by atoms with Gasteiger partial charge in [-0.15, -0.1) is 0 Å². The molecule has 0 radical (unpaired) electrons. The quantitative estimate of drug-likeness (QED) is 0.864. The van der Waals surface area contributed by atoms with E-state index in [4.69, 9.17) is 4.74 Å². The molecule has 1 aromatic rings. The minimum Gasteiger partial charge on any atom is -0.465 e. The van der Waals surface area contributed by atoms with Gasteiger partial charge in [-0.25, -0.2) is 9.79 Å². The first-order chi connectivity index (χ1) is 10.8. The first-order valence-electron chi connectivity index (χ1n) is 7.46. The van der Waals surface area contributed by atoms with Crippen molar-refractivity contribution < 1.29 is 14.3 Å². The van der Waals surface area contributed by atoms with Crippen LogP contribution in [0.3, 0.4) is 0 Å². The lowest BCUT2D eigenvalue weighted by Crippen LogP contribution is -2.41. The van der Waals surface area contributed by atoms with Crippen LogP contribution in [0, 0.1) is 5.92 Å². The van der Waals surface area contributed by atoms with Crippen LogP contribution in [0.25, 0.3) is 6.08 Å². The molecule has 1 aromatic heterocycles. The molecular weight excluding hydrogens is 294 g/mol. The molecule has 0 spiro atoms. The third kappa shape index (κ3) is 3.02. The largest absolute Gasteiger partial charge is 0.465 e. The van der Waals surface area contributed by atoms with E-state index < -0.39 is 11.5 Å². The van der Waals surface area contributed by atoms with Gasteiger partial charge in [0.15, 0.2) is 5.84 Å². The molecule has 6 heteroatoms. The minimum absolute atomic E-state index is 0.0175. The number of rotatable bonds is 4. The number of aromatic nitrogens is 1. The van der Waals surface area contributed by atoms with Crippen molar-refractivity contribution in [3.05, 3.63) is 35.2 Å². The van der Waals surface area contributed by atoms with E-state index in [2.05, 4.69) is 15.3 Å². The van der Waals surface area contributed by atoms with Crippen LogP contribution >= 0.6 is 0 Å². The second-order valence-electron chi connectivity index (χ2n) is 5.87. The van der Waals surface area contributed by atoms with E-state index >= 15 is 0 Å². The molecule has 2 rings (SSSR count). The Morgan fingerprint density at radius 1 is 1.43 bits per heavy atom. The molecule has 122 valence electrons. The molecule has 0 aliphatic carbocycles. The highest BCUT2D eigenvalue weighted by Gasteiger charge is 2.43. The van der Waals surface area contributed by atoms with Gasteiger partial charge in [-0.05, 0) is 31.4 Å². The van der Waals surface area contributed by atoms with E-state index in [1.807, 2.05) is 32.9 Å². The normalized spacial score (nSPS) is 20.8. The Labute approximate surface area is 135 Å². The maximum absolute atomic E-state index is 12.3. The molecule has 1 amide bonds. The lowest BCUT2D eigenvalue weighted by molar-refractivity contribution is -0.124. The molecular formula is C17H21N3O3. The van der Waals surface area contributed by atoms with Crippen LogP contribution in [0.1, 0.15) is 49.3 Å². The van der Waals surface area contributed by atoms with Crippen LogP contribution in [0.15, 0.2) is 23.3 Å². The van der Waals surface area contributed by atoms with Crippen molar-refractivity contribution in [1.82, 2.24) is 10.3 Å². The van der Waals surface area contributed by atoms with Gasteiger partial charge in [-0.2, -0.15) is 0 Å². The van der Waals surface area contributed by atoms with Crippen LogP contribution in [-0.2, 0) is 9.53 Å². The molecule has 1 atom stereocenters. The van der Waals surface area contributed by atoms with Gasteiger partial charge in [-0.3, -0.25) is 9.78 Å². The zero-order chi connectivity index (χ0) is 17.2. The minimum atomic E-state index is -0.869. The fourth-order valence-corrected chi connectivity index (χ4v) is 2.27. The van der Waals surface area contributed by atoms with Crippen molar-refractivity contribution in [2.75, 3.05) is 7.11 Å². The lowest BCUT2D eigenvalue weighted by Gasteiger charge is -2.21. The summed E-state index contributed by atoms with van der Waals surface area (Å²) in [4.78, 5) is 33.1. The molecule has 0 fully saturated rings. The molecule has 1 aliphatic rings. The Hall–Kier alpha value is -2.50. The van der Waals surface area contributed by atoms with Crippen LogP contribution < -0.4 is 5.32 Å². The van der Waals surface area contributed by atoms with E-state index in [0.717, 1.165) is 5.56 Å². The predicted octanol–water partition coefficient (Wildman–Crippen LogP) is 2.19. The van der Waals surface area contributed by atoms with Crippen LogP contribution in [0.2, 0.25) is 0 Å². The number of amidine groups is 1. The Kier molecular flexibility index (Phi) is 4.63. The first-order valence-corrected chi connectivity index (χ1v) is 7.46. The molecule has 23 heavy (non-hydrogen) atoms. The number of nitrogens with zero attached hydrogens (tertiary/aromatic N) is 2. The van der Waals surface area contributed by atoms with Crippen molar-refractivity contribution >= 4 is 23.8 Å². The van der Waals surface area contributed by atoms with Crippen LogP contribution in [0.5, 0.6) is 0 Å². The number of esters is 1. The number of aliphatic imine (C=N–C) groups is 1. The summed E-state index contributed by atoms with van der Waals surface area (Å²) in [5.74, 6) is -0.394. The van der Waals surface area contributed by atoms with Gasteiger partial charge in [0.2, 0.25) is 0 Å². The first kappa shape index (κ1) is 16.9. The average molecular weight is 315 g/mol. The monoisotopic (exact) mass is 315 g/mol. The molecule has 2 heterocycles. The Morgan fingerprint density at radius 3 is 2.65 bits per heavy atom. The average Bonchev–Trinajstić information content (AvgIpc) is 2.83. The maximum Gasteiger partial charge on any atom is 0.340 e. The van der Waals surface area contributed by atoms with Gasteiger partial charge in [0.25, 0.3) is 5.91 Å². The van der Waals surface area contributed by atoms with E-state index in [-0.39, 0.29) is 17.4 Å². The number of hydrogen-bond donors (Lipinski definition) is 1. The standard InChI is InChI=1S/C17H21N3O3/c1-6-7-11-8-12(15(21)23-5)13(18-9-11)14-19-16(22)17(4,20-14)10(2)3/h6-10H,1-5H3,(H,19,20,22). The summed E-state index contributed by atoms with van der Waals surface area (Å²) in [5, 5.41) is 2.74. The summed E-state index contributed by atoms with van der Waals surface area (Å²) in [7, 11) is 1.31. The number of carbonyl (C=O) groups excluding carboxylic acids is 2. The number of amides is 1. The number of ether oxygens (including phenoxy) is 1. The SMILES string of the molecule is CC=Cc1cnc(C2=NC(C)(C(C)C)C(=O)N2)c(C(=O)OC)c1. The smallest absolute Gasteiger partial charge is 0.340 e. The molecule has 0 saturated heterocycles. The summed E-state index contributed by atoms with van der Waals surface area (Å²) in [6.07, 6.45) is 5.31. The molecule has 0 saturated carbocycles. The van der Waals surface area contributed by atoms with Crippen molar-refractivity contribution in [1.29, 1.82) is 0 Å². The molecule has 1 unspecified atom stereocenters. The van der Waals surface area contributed by atoms with Crippen LogP contribution in [0.4, 0.5) is 0 Å². The Bertz CT molecular complexity index is 707. The molecule has 1 aliphatic heterocycles. The third-order valence-corrected chi connectivity index (χ3v) is 4.06. The van der Waals surface area contributed by atoms with Crippen LogP contribution in [-0.4, -0.2) is 35.3 Å². The van der Waals surface area contributed by atoms with Gasteiger partial charge in [0, 0.05) is 6.20 Å². The Morgan fingerprint density at radius 2 is 2.13 bits per heavy atom. The van der Waals surface area contributed by atoms with Gasteiger partial charge in [-0.1, -0.05) is 26.0 Å². The number of methoxy groups -OCH3 is 1. The number of nitrogens with one attached hydrogen (secondary N) is 1. The lowest BCUT2D eigenvalue weighted by atomic mass is 9.89. The topological polar surface area (TPSA) is 80.7 Å². The summed E-state index contributed by atoms with van der Waals surface area (Å²) in [5.41, 5.74) is 0.498. The van der Waals surface area contributed by atoms with Gasteiger partial charge in [0.05, 0.1) is 12.7 Å². The number of allylic oxidation sites excluding steroid dienone is 1.